The molecule has 4 aromatic rings. The molecule has 2 aromatic heterocycles. The van der Waals surface area contributed by atoms with E-state index in [1.54, 1.807) is 42.5 Å². The molecule has 0 saturated heterocycles. The van der Waals surface area contributed by atoms with Gasteiger partial charge in [0.25, 0.3) is 5.91 Å². The van der Waals surface area contributed by atoms with Crippen molar-refractivity contribution >= 4 is 63.3 Å². The number of pyridine rings is 1. The van der Waals surface area contributed by atoms with Crippen molar-refractivity contribution in [1.82, 2.24) is 14.5 Å². The van der Waals surface area contributed by atoms with Gasteiger partial charge in [0.1, 0.15) is 5.82 Å². The number of rotatable bonds is 4. The summed E-state index contributed by atoms with van der Waals surface area (Å²) in [6, 6.07) is 13.8. The zero-order valence-corrected chi connectivity index (χ0v) is 16.8. The molecule has 2 aromatic carbocycles. The van der Waals surface area contributed by atoms with Gasteiger partial charge in [-0.3, -0.25) is 4.79 Å². The van der Waals surface area contributed by atoms with E-state index in [9.17, 15) is 4.79 Å². The number of aryl methyl sites for hydroxylation is 1. The van der Waals surface area contributed by atoms with Crippen molar-refractivity contribution in [2.45, 2.75) is 0 Å². The Labute approximate surface area is 176 Å². The highest BCUT2D eigenvalue weighted by molar-refractivity contribution is 6.39. The molecule has 0 aliphatic carbocycles. The van der Waals surface area contributed by atoms with Crippen LogP contribution in [-0.4, -0.2) is 20.4 Å². The minimum absolute atomic E-state index is 0.293. The molecule has 0 unspecified atom stereocenters. The minimum Gasteiger partial charge on any atom is -0.397 e. The van der Waals surface area contributed by atoms with Crippen molar-refractivity contribution in [3.63, 3.8) is 0 Å². The van der Waals surface area contributed by atoms with Gasteiger partial charge in [-0.05, 0) is 42.5 Å². The number of imidazole rings is 1. The lowest BCUT2D eigenvalue weighted by atomic mass is 10.2. The number of fused-ring (bicyclic) bond motifs is 1. The van der Waals surface area contributed by atoms with Gasteiger partial charge in [0.15, 0.2) is 0 Å². The summed E-state index contributed by atoms with van der Waals surface area (Å²) in [5.41, 5.74) is 8.66. The van der Waals surface area contributed by atoms with Crippen molar-refractivity contribution in [2.75, 3.05) is 16.4 Å². The number of carbonyl (C=O) groups excluding carboxylic acids is 1. The summed E-state index contributed by atoms with van der Waals surface area (Å²) in [5, 5.41) is 6.87. The number of nitrogens with zero attached hydrogens (tertiary/aromatic N) is 3. The van der Waals surface area contributed by atoms with Crippen molar-refractivity contribution in [3.05, 3.63) is 70.3 Å². The van der Waals surface area contributed by atoms with Crippen LogP contribution in [0.15, 0.2) is 54.7 Å². The maximum absolute atomic E-state index is 12.5. The second-order valence-electron chi connectivity index (χ2n) is 6.35. The molecule has 4 rings (SSSR count). The van der Waals surface area contributed by atoms with E-state index in [-0.39, 0.29) is 5.91 Å². The molecule has 0 atom stereocenters. The van der Waals surface area contributed by atoms with Crippen molar-refractivity contribution < 1.29 is 4.79 Å². The largest absolute Gasteiger partial charge is 0.397 e. The van der Waals surface area contributed by atoms with E-state index in [2.05, 4.69) is 20.6 Å². The summed E-state index contributed by atoms with van der Waals surface area (Å²) >= 11 is 12.5. The Morgan fingerprint density at radius 1 is 1.10 bits per heavy atom. The van der Waals surface area contributed by atoms with Crippen LogP contribution in [0.3, 0.4) is 0 Å². The Hall–Kier alpha value is -3.29. The Morgan fingerprint density at radius 3 is 2.55 bits per heavy atom. The topological polar surface area (TPSA) is 97.9 Å². The molecule has 9 heteroatoms. The molecule has 7 nitrogen and oxygen atoms in total. The van der Waals surface area contributed by atoms with Gasteiger partial charge >= 0.3 is 0 Å². The molecule has 0 aliphatic heterocycles. The van der Waals surface area contributed by atoms with Crippen LogP contribution >= 0.6 is 23.2 Å². The number of carbonyl (C=O) groups is 1. The number of anilines is 4. The molecule has 0 fully saturated rings. The average molecular weight is 427 g/mol. The monoisotopic (exact) mass is 426 g/mol. The van der Waals surface area contributed by atoms with Gasteiger partial charge in [0.05, 0.1) is 38.7 Å². The highest BCUT2D eigenvalue weighted by Gasteiger charge is 2.14. The number of hydrogen-bond donors (Lipinski definition) is 3. The predicted molar refractivity (Wildman–Crippen MR) is 117 cm³/mol. The van der Waals surface area contributed by atoms with Crippen LogP contribution in [0.4, 0.5) is 23.1 Å². The van der Waals surface area contributed by atoms with Crippen LogP contribution in [-0.2, 0) is 7.05 Å². The molecular weight excluding hydrogens is 411 g/mol. The second-order valence-corrected chi connectivity index (χ2v) is 7.16. The van der Waals surface area contributed by atoms with Gasteiger partial charge in [-0.2, -0.15) is 0 Å². The standard InChI is InChI=1S/C20H16Cl2N6O/c1-28-16-7-5-11(19(29)26-17-8-6-12(23)10-24-17)9-15(16)25-20(28)27-18-13(21)3-2-4-14(18)22/h2-10H,23H2,1H3,(H,25,27)(H,24,26,29). The third-order valence-electron chi connectivity index (χ3n) is 4.37. The molecule has 146 valence electrons. The molecular formula is C20H16Cl2N6O. The summed E-state index contributed by atoms with van der Waals surface area (Å²) in [6.45, 7) is 0. The Balaban J connectivity index is 1.63. The van der Waals surface area contributed by atoms with Crippen LogP contribution in [0.2, 0.25) is 10.0 Å². The average Bonchev–Trinajstić information content (AvgIpc) is 3.01. The number of hydrogen-bond acceptors (Lipinski definition) is 5. The number of nitrogens with one attached hydrogen (secondary N) is 2. The summed E-state index contributed by atoms with van der Waals surface area (Å²) < 4.78 is 1.86. The van der Waals surface area contributed by atoms with Crippen molar-refractivity contribution in [2.24, 2.45) is 7.05 Å². The number of nitrogens with two attached hydrogens (primary N) is 1. The normalized spacial score (nSPS) is 10.9. The summed E-state index contributed by atoms with van der Waals surface area (Å²) in [5.74, 6) is 0.673. The molecule has 1 amide bonds. The molecule has 0 radical (unpaired) electrons. The predicted octanol–water partition coefficient (Wildman–Crippen LogP) is 4.85. The second kappa shape index (κ2) is 7.62. The first-order valence-electron chi connectivity index (χ1n) is 8.63. The van der Waals surface area contributed by atoms with E-state index >= 15 is 0 Å². The summed E-state index contributed by atoms with van der Waals surface area (Å²) in [6.07, 6.45) is 1.48. The first-order valence-corrected chi connectivity index (χ1v) is 9.38. The molecule has 2 heterocycles. The maximum atomic E-state index is 12.5. The molecule has 0 aliphatic rings. The zero-order valence-electron chi connectivity index (χ0n) is 15.3. The Morgan fingerprint density at radius 2 is 1.86 bits per heavy atom. The molecule has 0 spiro atoms. The summed E-state index contributed by atoms with van der Waals surface area (Å²) in [7, 11) is 1.86. The molecule has 4 N–H and O–H groups in total. The van der Waals surface area contributed by atoms with E-state index in [0.717, 1.165) is 5.52 Å². The van der Waals surface area contributed by atoms with E-state index in [4.69, 9.17) is 28.9 Å². The van der Waals surface area contributed by atoms with Crippen molar-refractivity contribution in [1.29, 1.82) is 0 Å². The number of para-hydroxylation sites is 1. The van der Waals surface area contributed by atoms with Crippen LogP contribution < -0.4 is 16.4 Å². The highest BCUT2D eigenvalue weighted by atomic mass is 35.5. The third kappa shape index (κ3) is 3.83. The van der Waals surface area contributed by atoms with Gasteiger partial charge in [0.2, 0.25) is 5.95 Å². The third-order valence-corrected chi connectivity index (χ3v) is 5.00. The maximum Gasteiger partial charge on any atom is 0.256 e. The lowest BCUT2D eigenvalue weighted by Crippen LogP contribution is -2.12. The van der Waals surface area contributed by atoms with Gasteiger partial charge < -0.3 is 20.9 Å². The summed E-state index contributed by atoms with van der Waals surface area (Å²) in [4.78, 5) is 21.2. The zero-order chi connectivity index (χ0) is 20.5. The smallest absolute Gasteiger partial charge is 0.256 e. The number of aromatic nitrogens is 3. The fraction of sp³-hybridized carbons (Fsp3) is 0.0500. The lowest BCUT2D eigenvalue weighted by molar-refractivity contribution is 0.102. The molecule has 29 heavy (non-hydrogen) atoms. The molecule has 0 bridgehead atoms. The van der Waals surface area contributed by atoms with Gasteiger partial charge in [-0.15, -0.1) is 0 Å². The fourth-order valence-corrected chi connectivity index (χ4v) is 3.34. The van der Waals surface area contributed by atoms with Crippen molar-refractivity contribution in [3.8, 4) is 0 Å². The SMILES string of the molecule is Cn1c(Nc2c(Cl)cccc2Cl)nc2cc(C(=O)Nc3ccc(N)cn3)ccc21. The first-order chi connectivity index (χ1) is 13.9. The first kappa shape index (κ1) is 19.0. The number of amides is 1. The van der Waals surface area contributed by atoms with Crippen LogP contribution in [0, 0.1) is 0 Å². The number of halogens is 2. The number of nitrogen functional groups attached to an aromatic ring is 1. The van der Waals surface area contributed by atoms with Gasteiger partial charge in [-0.1, -0.05) is 29.3 Å². The fourth-order valence-electron chi connectivity index (χ4n) is 2.85. The Kier molecular flexibility index (Phi) is 5.00. The van der Waals surface area contributed by atoms with E-state index in [1.807, 2.05) is 17.7 Å². The van der Waals surface area contributed by atoms with Gasteiger partial charge in [-0.25, -0.2) is 9.97 Å². The minimum atomic E-state index is -0.293. The van der Waals surface area contributed by atoms with Crippen LogP contribution in [0.5, 0.6) is 0 Å². The van der Waals surface area contributed by atoms with E-state index < -0.39 is 0 Å². The highest BCUT2D eigenvalue weighted by Crippen LogP contribution is 2.33. The van der Waals surface area contributed by atoms with Gasteiger partial charge in [0, 0.05) is 12.6 Å². The van der Waals surface area contributed by atoms with E-state index in [0.29, 0.717) is 44.3 Å². The van der Waals surface area contributed by atoms with E-state index in [1.165, 1.54) is 6.20 Å². The lowest BCUT2D eigenvalue weighted by Gasteiger charge is -2.09. The Bertz CT molecular complexity index is 1200. The van der Waals surface area contributed by atoms with Crippen LogP contribution in [0.1, 0.15) is 10.4 Å². The quantitative estimate of drug-likeness (QED) is 0.433. The van der Waals surface area contributed by atoms with Crippen LogP contribution in [0.25, 0.3) is 11.0 Å². The number of benzene rings is 2. The molecule has 0 saturated carbocycles.